The third-order valence-electron chi connectivity index (χ3n) is 4.28. The maximum absolute atomic E-state index is 12.7. The minimum Gasteiger partial charge on any atom is -0.368 e. The zero-order chi connectivity index (χ0) is 17.3. The number of nitrogens with two attached hydrogens (primary N) is 1. The molecule has 24 heavy (non-hydrogen) atoms. The van der Waals surface area contributed by atoms with Crippen molar-refractivity contribution in [3.05, 3.63) is 40.4 Å². The van der Waals surface area contributed by atoms with Crippen molar-refractivity contribution in [3.63, 3.8) is 0 Å². The van der Waals surface area contributed by atoms with Crippen LogP contribution < -0.4 is 16.2 Å². The SMILES string of the molecule is C[C@H]1C[NH+](Cc2nc3ccccc3c(=O)n2CC(N)=O)C[C@H](C)O1. The number of rotatable bonds is 4. The topological polar surface area (TPSA) is 91.7 Å². The number of para-hydroxylation sites is 1. The number of ether oxygens (including phenoxy) is 1. The van der Waals surface area contributed by atoms with Gasteiger partial charge in [0.05, 0.1) is 10.9 Å². The van der Waals surface area contributed by atoms with Crippen molar-refractivity contribution < 1.29 is 14.4 Å². The van der Waals surface area contributed by atoms with Crippen LogP contribution >= 0.6 is 0 Å². The number of morpholine rings is 1. The predicted molar refractivity (Wildman–Crippen MR) is 89.6 cm³/mol. The van der Waals surface area contributed by atoms with Gasteiger partial charge in [-0.05, 0) is 26.0 Å². The Labute approximate surface area is 140 Å². The van der Waals surface area contributed by atoms with Gasteiger partial charge in [0.2, 0.25) is 5.91 Å². The fraction of sp³-hybridized carbons (Fsp3) is 0.471. The number of fused-ring (bicyclic) bond motifs is 1. The van der Waals surface area contributed by atoms with Crippen LogP contribution in [0.15, 0.2) is 29.1 Å². The summed E-state index contributed by atoms with van der Waals surface area (Å²) in [5.74, 6) is 0.0444. The molecule has 0 unspecified atom stereocenters. The van der Waals surface area contributed by atoms with E-state index in [4.69, 9.17) is 10.5 Å². The van der Waals surface area contributed by atoms with E-state index in [9.17, 15) is 9.59 Å². The molecular formula is C17H23N4O3+. The molecule has 1 saturated heterocycles. The van der Waals surface area contributed by atoms with Gasteiger partial charge < -0.3 is 15.4 Å². The molecule has 7 heteroatoms. The quantitative estimate of drug-likeness (QED) is 0.757. The maximum atomic E-state index is 12.7. The summed E-state index contributed by atoms with van der Waals surface area (Å²) in [7, 11) is 0. The van der Waals surface area contributed by atoms with Crippen molar-refractivity contribution in [2.75, 3.05) is 13.1 Å². The Kier molecular flexibility index (Phi) is 4.64. The lowest BCUT2D eigenvalue weighted by Crippen LogP contribution is -3.14. The van der Waals surface area contributed by atoms with Crippen molar-refractivity contribution in [2.24, 2.45) is 5.73 Å². The van der Waals surface area contributed by atoms with Gasteiger partial charge in [-0.25, -0.2) is 4.98 Å². The van der Waals surface area contributed by atoms with Crippen LogP contribution in [0.3, 0.4) is 0 Å². The molecule has 0 radical (unpaired) electrons. The average molecular weight is 331 g/mol. The molecule has 2 aromatic rings. The van der Waals surface area contributed by atoms with Gasteiger partial charge in [-0.3, -0.25) is 14.2 Å². The van der Waals surface area contributed by atoms with Gasteiger partial charge in [0.25, 0.3) is 5.56 Å². The molecule has 0 saturated carbocycles. The highest BCUT2D eigenvalue weighted by Gasteiger charge is 2.27. The Bertz CT molecular complexity index is 807. The third-order valence-corrected chi connectivity index (χ3v) is 4.28. The van der Waals surface area contributed by atoms with Crippen LogP contribution in [0.1, 0.15) is 19.7 Å². The second kappa shape index (κ2) is 6.70. The van der Waals surface area contributed by atoms with Crippen LogP contribution in [0, 0.1) is 0 Å². The minimum atomic E-state index is -0.547. The smallest absolute Gasteiger partial charge is 0.262 e. The summed E-state index contributed by atoms with van der Waals surface area (Å²) in [6.45, 7) is 6.17. The van der Waals surface area contributed by atoms with Crippen LogP contribution in [0.2, 0.25) is 0 Å². The van der Waals surface area contributed by atoms with Gasteiger partial charge >= 0.3 is 0 Å². The van der Waals surface area contributed by atoms with Crippen molar-refractivity contribution in [3.8, 4) is 0 Å². The van der Waals surface area contributed by atoms with Crippen LogP contribution in [0.5, 0.6) is 0 Å². The molecule has 3 rings (SSSR count). The Balaban J connectivity index is 2.01. The highest BCUT2D eigenvalue weighted by molar-refractivity contribution is 5.78. The lowest BCUT2D eigenvalue weighted by Gasteiger charge is -2.32. The van der Waals surface area contributed by atoms with Gasteiger partial charge in [0.15, 0.2) is 5.82 Å². The highest BCUT2D eigenvalue weighted by atomic mass is 16.5. The number of benzene rings is 1. The van der Waals surface area contributed by atoms with E-state index in [1.54, 1.807) is 12.1 Å². The molecule has 1 aliphatic heterocycles. The number of hydrogen-bond donors (Lipinski definition) is 2. The van der Waals surface area contributed by atoms with Gasteiger partial charge in [0.1, 0.15) is 38.4 Å². The third kappa shape index (κ3) is 3.47. The molecule has 1 fully saturated rings. The van der Waals surface area contributed by atoms with Gasteiger partial charge in [-0.1, -0.05) is 12.1 Å². The molecule has 7 nitrogen and oxygen atoms in total. The largest absolute Gasteiger partial charge is 0.368 e. The van der Waals surface area contributed by atoms with E-state index in [1.807, 2.05) is 26.0 Å². The summed E-state index contributed by atoms with van der Waals surface area (Å²) in [4.78, 5) is 30.1. The highest BCUT2D eigenvalue weighted by Crippen LogP contribution is 2.08. The summed E-state index contributed by atoms with van der Waals surface area (Å²) in [5, 5.41) is 0.501. The number of nitrogens with one attached hydrogen (secondary N) is 1. The molecule has 2 atom stereocenters. The number of aromatic nitrogens is 2. The summed E-state index contributed by atoms with van der Waals surface area (Å²) < 4.78 is 7.16. The first kappa shape index (κ1) is 16.6. The molecule has 3 N–H and O–H groups in total. The van der Waals surface area contributed by atoms with Crippen molar-refractivity contribution >= 4 is 16.8 Å². The van der Waals surface area contributed by atoms with E-state index >= 15 is 0 Å². The van der Waals surface area contributed by atoms with Crippen molar-refractivity contribution in [2.45, 2.75) is 39.1 Å². The Morgan fingerprint density at radius 3 is 2.67 bits per heavy atom. The van der Waals surface area contributed by atoms with Crippen LogP contribution in [-0.4, -0.2) is 40.8 Å². The Morgan fingerprint density at radius 2 is 2.00 bits per heavy atom. The van der Waals surface area contributed by atoms with E-state index in [0.29, 0.717) is 23.3 Å². The summed E-state index contributed by atoms with van der Waals surface area (Å²) in [5.41, 5.74) is 5.76. The number of amides is 1. The molecule has 1 aliphatic rings. The molecular weight excluding hydrogens is 308 g/mol. The molecule has 0 aliphatic carbocycles. The lowest BCUT2D eigenvalue weighted by molar-refractivity contribution is -0.929. The first-order chi connectivity index (χ1) is 11.4. The first-order valence-corrected chi connectivity index (χ1v) is 8.20. The molecule has 128 valence electrons. The summed E-state index contributed by atoms with van der Waals surface area (Å²) >= 11 is 0. The second-order valence-corrected chi connectivity index (χ2v) is 6.50. The summed E-state index contributed by atoms with van der Waals surface area (Å²) in [6.07, 6.45) is 0.307. The standard InChI is InChI=1S/C17H22N4O3/c1-11-7-20(8-12(2)24-11)10-16-19-14-6-4-3-5-13(14)17(23)21(16)9-15(18)22/h3-6,11-12H,7-10H2,1-2H3,(H2,18,22)/p+1/t11-,12-/m0/s1. The van der Waals surface area contributed by atoms with E-state index in [-0.39, 0.29) is 24.3 Å². The van der Waals surface area contributed by atoms with E-state index < -0.39 is 5.91 Å². The van der Waals surface area contributed by atoms with Gasteiger partial charge in [0, 0.05) is 0 Å². The van der Waals surface area contributed by atoms with Crippen molar-refractivity contribution in [1.29, 1.82) is 0 Å². The number of carbonyl (C=O) groups is 1. The van der Waals surface area contributed by atoms with Gasteiger partial charge in [-0.2, -0.15) is 0 Å². The molecule has 1 amide bonds. The predicted octanol–water partition coefficient (Wildman–Crippen LogP) is -0.926. The number of nitrogens with zero attached hydrogens (tertiary/aromatic N) is 2. The van der Waals surface area contributed by atoms with Crippen molar-refractivity contribution in [1.82, 2.24) is 9.55 Å². The number of carbonyl (C=O) groups excluding carboxylic acids is 1. The van der Waals surface area contributed by atoms with Crippen LogP contribution in [0.4, 0.5) is 0 Å². The maximum Gasteiger partial charge on any atom is 0.262 e. The molecule has 0 bridgehead atoms. The molecule has 0 spiro atoms. The first-order valence-electron chi connectivity index (χ1n) is 8.20. The fourth-order valence-corrected chi connectivity index (χ4v) is 3.42. The molecule has 2 heterocycles. The van der Waals surface area contributed by atoms with Crippen LogP contribution in [0.25, 0.3) is 10.9 Å². The number of primary amides is 1. The Hall–Kier alpha value is -2.25. The fourth-order valence-electron chi connectivity index (χ4n) is 3.42. The molecule has 1 aromatic heterocycles. The van der Waals surface area contributed by atoms with E-state index in [1.165, 1.54) is 9.47 Å². The zero-order valence-electron chi connectivity index (χ0n) is 14.0. The monoisotopic (exact) mass is 331 g/mol. The number of hydrogen-bond acceptors (Lipinski definition) is 4. The lowest BCUT2D eigenvalue weighted by atomic mass is 10.2. The Morgan fingerprint density at radius 1 is 1.33 bits per heavy atom. The number of quaternary nitrogens is 1. The minimum absolute atomic E-state index is 0.152. The van der Waals surface area contributed by atoms with Crippen LogP contribution in [-0.2, 0) is 22.6 Å². The second-order valence-electron chi connectivity index (χ2n) is 6.50. The normalized spacial score (nSPS) is 24.2. The summed E-state index contributed by atoms with van der Waals surface area (Å²) in [6, 6.07) is 7.17. The van der Waals surface area contributed by atoms with E-state index in [2.05, 4.69) is 4.98 Å². The average Bonchev–Trinajstić information content (AvgIpc) is 2.50. The van der Waals surface area contributed by atoms with E-state index in [0.717, 1.165) is 13.1 Å². The molecule has 1 aromatic carbocycles. The zero-order valence-corrected chi connectivity index (χ0v) is 14.0. The van der Waals surface area contributed by atoms with Gasteiger partial charge in [-0.15, -0.1) is 0 Å².